The molecule has 6 heteroatoms. The van der Waals surface area contributed by atoms with Crippen molar-refractivity contribution in [1.82, 2.24) is 0 Å². The van der Waals surface area contributed by atoms with Crippen LogP contribution in [0.15, 0.2) is 24.3 Å². The number of aliphatic hydroxyl groups excluding tert-OH is 2. The smallest absolute Gasteiger partial charge is 0.330 e. The summed E-state index contributed by atoms with van der Waals surface area (Å²) in [6.07, 6.45) is 9.30. The Morgan fingerprint density at radius 2 is 0.792 bits per heavy atom. The maximum atomic E-state index is 9.60. The van der Waals surface area contributed by atoms with Gasteiger partial charge in [-0.3, -0.25) is 0 Å². The highest BCUT2D eigenvalue weighted by atomic mass is 16.4. The van der Waals surface area contributed by atoms with E-state index >= 15 is 0 Å². The molecule has 0 aliphatic carbocycles. The van der Waals surface area contributed by atoms with Crippen molar-refractivity contribution in [1.29, 1.82) is 0 Å². The molecule has 0 radical (unpaired) electrons. The lowest BCUT2D eigenvalue weighted by atomic mass is 10.1. The fourth-order valence-corrected chi connectivity index (χ4v) is 1.28. The highest BCUT2D eigenvalue weighted by Crippen LogP contribution is 2.07. The normalized spacial score (nSPS) is 9.00. The Kier molecular flexibility index (Phi) is 24.2. The summed E-state index contributed by atoms with van der Waals surface area (Å²) in [6.45, 7) is 9.88. The van der Waals surface area contributed by atoms with Crippen molar-refractivity contribution in [2.75, 3.05) is 13.2 Å². The molecule has 0 saturated heterocycles. The van der Waals surface area contributed by atoms with Crippen LogP contribution in [0.25, 0.3) is 0 Å². The monoisotopic (exact) mass is 346 g/mol. The molecular weight excluding hydrogens is 312 g/mol. The van der Waals surface area contributed by atoms with Crippen molar-refractivity contribution in [3.63, 3.8) is 0 Å². The Labute approximate surface area is 145 Å². The molecule has 0 heterocycles. The lowest BCUT2D eigenvalue weighted by molar-refractivity contribution is -0.133. The number of hydrogen-bond acceptors (Lipinski definition) is 4. The summed E-state index contributed by atoms with van der Waals surface area (Å²) in [5.74, 6) is -1.87. The number of carboxylic acid groups (broad SMARTS) is 2. The van der Waals surface area contributed by atoms with Crippen molar-refractivity contribution in [3.8, 4) is 0 Å². The van der Waals surface area contributed by atoms with Crippen LogP contribution in [0.4, 0.5) is 0 Å². The van der Waals surface area contributed by atoms with Crippen molar-refractivity contribution >= 4 is 11.9 Å². The number of rotatable bonds is 11. The largest absolute Gasteiger partial charge is 0.478 e. The predicted octanol–water partition coefficient (Wildman–Crippen LogP) is 3.39. The van der Waals surface area contributed by atoms with Crippen LogP contribution in [0, 0.1) is 0 Å². The number of hydrogen-bond donors (Lipinski definition) is 4. The lowest BCUT2D eigenvalue weighted by Crippen LogP contribution is -1.92. The lowest BCUT2D eigenvalue weighted by Gasteiger charge is -1.99. The summed E-state index contributed by atoms with van der Waals surface area (Å²) in [6, 6.07) is 0. The van der Waals surface area contributed by atoms with Gasteiger partial charge in [0.1, 0.15) is 0 Å². The van der Waals surface area contributed by atoms with Crippen LogP contribution in [0.5, 0.6) is 0 Å². The van der Waals surface area contributed by atoms with Gasteiger partial charge in [0.05, 0.1) is 0 Å². The summed E-state index contributed by atoms with van der Waals surface area (Å²) in [4.78, 5) is 19.2. The van der Waals surface area contributed by atoms with Gasteiger partial charge in [-0.05, 0) is 26.7 Å². The van der Waals surface area contributed by atoms with E-state index in [1.165, 1.54) is 39.5 Å². The van der Waals surface area contributed by atoms with E-state index in [0.717, 1.165) is 25.7 Å². The van der Waals surface area contributed by atoms with Gasteiger partial charge in [0, 0.05) is 24.4 Å². The first-order chi connectivity index (χ1) is 11.2. The van der Waals surface area contributed by atoms with Gasteiger partial charge in [0.15, 0.2) is 0 Å². The van der Waals surface area contributed by atoms with E-state index in [1.807, 2.05) is 0 Å². The topological polar surface area (TPSA) is 115 Å². The number of unbranched alkanes of at least 4 members (excludes halogenated alkanes) is 7. The Morgan fingerprint density at radius 3 is 0.917 bits per heavy atom. The maximum absolute atomic E-state index is 9.60. The first-order valence-corrected chi connectivity index (χ1v) is 8.20. The average Bonchev–Trinajstić information content (AvgIpc) is 2.51. The second-order valence-electron chi connectivity index (χ2n) is 5.45. The molecular formula is C18H34O6. The second-order valence-corrected chi connectivity index (χ2v) is 5.45. The third-order valence-electron chi connectivity index (χ3n) is 2.80. The zero-order valence-corrected chi connectivity index (χ0v) is 15.1. The van der Waals surface area contributed by atoms with E-state index in [1.54, 1.807) is 0 Å². The average molecular weight is 346 g/mol. The van der Waals surface area contributed by atoms with Crippen molar-refractivity contribution in [3.05, 3.63) is 24.3 Å². The first kappa shape index (κ1) is 27.2. The molecule has 0 bridgehead atoms. The van der Waals surface area contributed by atoms with Gasteiger partial charge >= 0.3 is 11.9 Å². The van der Waals surface area contributed by atoms with Crippen molar-refractivity contribution < 1.29 is 30.0 Å². The van der Waals surface area contributed by atoms with E-state index in [0.29, 0.717) is 13.2 Å². The quantitative estimate of drug-likeness (QED) is 0.337. The summed E-state index contributed by atoms with van der Waals surface area (Å²) in [5, 5.41) is 32.8. The molecule has 4 N–H and O–H groups in total. The van der Waals surface area contributed by atoms with Gasteiger partial charge in [0.25, 0.3) is 0 Å². The third kappa shape index (κ3) is 32.3. The van der Waals surface area contributed by atoms with Crippen LogP contribution in [0.2, 0.25) is 0 Å². The van der Waals surface area contributed by atoms with E-state index < -0.39 is 11.9 Å². The van der Waals surface area contributed by atoms with Crippen LogP contribution < -0.4 is 0 Å². The Bertz CT molecular complexity index is 291. The maximum Gasteiger partial charge on any atom is 0.330 e. The van der Waals surface area contributed by atoms with E-state index in [4.69, 9.17) is 20.4 Å². The van der Waals surface area contributed by atoms with E-state index in [9.17, 15) is 9.59 Å². The molecule has 0 saturated carbocycles. The second kappa shape index (κ2) is 21.3. The van der Waals surface area contributed by atoms with Crippen LogP contribution in [0.3, 0.4) is 0 Å². The Morgan fingerprint density at radius 1 is 0.625 bits per heavy atom. The van der Waals surface area contributed by atoms with Crippen LogP contribution in [-0.4, -0.2) is 45.6 Å². The molecule has 24 heavy (non-hydrogen) atoms. The molecule has 0 unspecified atom stereocenters. The fraction of sp³-hybridized carbons (Fsp3) is 0.667. The van der Waals surface area contributed by atoms with Gasteiger partial charge < -0.3 is 20.4 Å². The molecule has 0 aromatic carbocycles. The minimum atomic E-state index is -0.935. The van der Waals surface area contributed by atoms with Crippen LogP contribution in [0.1, 0.15) is 65.2 Å². The number of carboxylic acids is 2. The fourth-order valence-electron chi connectivity index (χ4n) is 1.28. The highest BCUT2D eigenvalue weighted by Gasteiger charge is 1.91. The minimum Gasteiger partial charge on any atom is -0.478 e. The van der Waals surface area contributed by atoms with Crippen LogP contribution in [-0.2, 0) is 9.59 Å². The van der Waals surface area contributed by atoms with Gasteiger partial charge in [-0.15, -0.1) is 0 Å². The molecule has 0 atom stereocenters. The number of aliphatic hydroxyl groups is 2. The zero-order valence-electron chi connectivity index (χ0n) is 15.1. The standard InChI is InChI=1S/C10H22O2.2C4H6O2/c11-9-7-5-3-1-2-4-6-8-10-12;2*1-3(2)4(5)6/h11-12H,1-10H2;2*1H2,2H3,(H,5,6). The molecule has 0 rings (SSSR count). The molecule has 142 valence electrons. The van der Waals surface area contributed by atoms with Gasteiger partial charge in [-0.2, -0.15) is 0 Å². The van der Waals surface area contributed by atoms with Crippen molar-refractivity contribution in [2.24, 2.45) is 0 Å². The molecule has 0 aliphatic heterocycles. The Balaban J connectivity index is -0.000000309. The highest BCUT2D eigenvalue weighted by molar-refractivity contribution is 5.85. The molecule has 0 spiro atoms. The van der Waals surface area contributed by atoms with Gasteiger partial charge in [-0.1, -0.05) is 51.7 Å². The van der Waals surface area contributed by atoms with E-state index in [2.05, 4.69) is 13.2 Å². The zero-order chi connectivity index (χ0) is 19.4. The summed E-state index contributed by atoms with van der Waals surface area (Å²) in [5.41, 5.74) is 0.352. The molecule has 0 fully saturated rings. The number of aliphatic carboxylic acids is 2. The van der Waals surface area contributed by atoms with Gasteiger partial charge in [-0.25, -0.2) is 9.59 Å². The minimum absolute atomic E-state index is 0.176. The summed E-state index contributed by atoms with van der Waals surface area (Å²) < 4.78 is 0. The number of carbonyl (C=O) groups is 2. The third-order valence-corrected chi connectivity index (χ3v) is 2.80. The molecule has 0 amide bonds. The molecule has 0 aliphatic rings. The molecule has 0 aromatic rings. The summed E-state index contributed by atoms with van der Waals surface area (Å²) >= 11 is 0. The van der Waals surface area contributed by atoms with Crippen molar-refractivity contribution in [2.45, 2.75) is 65.2 Å². The predicted molar refractivity (Wildman–Crippen MR) is 96.0 cm³/mol. The molecule has 6 nitrogen and oxygen atoms in total. The molecule has 0 aromatic heterocycles. The summed E-state index contributed by atoms with van der Waals surface area (Å²) in [7, 11) is 0. The van der Waals surface area contributed by atoms with Gasteiger partial charge in [0.2, 0.25) is 0 Å². The Hall–Kier alpha value is -1.66. The SMILES string of the molecule is C=C(C)C(=O)O.C=C(C)C(=O)O.OCCCCCCCCCCO. The first-order valence-electron chi connectivity index (χ1n) is 8.20. The van der Waals surface area contributed by atoms with E-state index in [-0.39, 0.29) is 11.1 Å². The van der Waals surface area contributed by atoms with Crippen LogP contribution >= 0.6 is 0 Å².